The predicted octanol–water partition coefficient (Wildman–Crippen LogP) is 5.55. The maximum absolute atomic E-state index is 12.4. The number of methoxy groups -OCH3 is 1. The monoisotopic (exact) mass is 468 g/mol. The Hall–Kier alpha value is -3.16. The fraction of sp³-hybridized carbons (Fsp3) is 0.167. The van der Waals surface area contributed by atoms with Crippen molar-refractivity contribution < 1.29 is 18.7 Å². The third-order valence-electron chi connectivity index (χ3n) is 4.95. The van der Waals surface area contributed by atoms with Gasteiger partial charge in [0.1, 0.15) is 11.5 Å². The molecule has 0 bridgehead atoms. The Morgan fingerprint density at radius 2 is 2.00 bits per heavy atom. The number of rotatable bonds is 6. The lowest BCUT2D eigenvalue weighted by atomic mass is 10.1. The molecule has 0 saturated carbocycles. The molecule has 0 radical (unpaired) electrons. The number of carbonyl (C=O) groups is 2. The van der Waals surface area contributed by atoms with Crippen LogP contribution in [0, 0.1) is 0 Å². The van der Waals surface area contributed by atoms with Gasteiger partial charge >= 0.3 is 5.97 Å². The average molecular weight is 469 g/mol. The average Bonchev–Trinajstić information content (AvgIpc) is 3.40. The Labute approximate surface area is 195 Å². The van der Waals surface area contributed by atoms with Crippen LogP contribution < -0.4 is 10.6 Å². The molecule has 32 heavy (non-hydrogen) atoms. The number of hydrogen-bond donors (Lipinski definition) is 2. The number of furan rings is 1. The number of anilines is 1. The first kappa shape index (κ1) is 22.0. The lowest BCUT2D eigenvalue weighted by Gasteiger charge is -2.12. The van der Waals surface area contributed by atoms with Crippen molar-refractivity contribution in [1.29, 1.82) is 0 Å². The minimum absolute atomic E-state index is 0.166. The number of halogens is 1. The molecule has 0 spiro atoms. The van der Waals surface area contributed by atoms with Crippen molar-refractivity contribution in [3.8, 4) is 11.3 Å². The van der Waals surface area contributed by atoms with Crippen LogP contribution in [-0.2, 0) is 16.0 Å². The lowest BCUT2D eigenvalue weighted by Crippen LogP contribution is -2.30. The van der Waals surface area contributed by atoms with Gasteiger partial charge in [-0.2, -0.15) is 0 Å². The zero-order valence-electron chi connectivity index (χ0n) is 17.5. The maximum atomic E-state index is 12.4. The SMILES string of the molecule is CCc1ccc(N[C@H]2NC(=O)/C(=C/c3ccc(-c4ccc(C(=O)OC)c(Cl)c4)o3)S2)cc1. The van der Waals surface area contributed by atoms with Gasteiger partial charge in [-0.15, -0.1) is 0 Å². The molecule has 0 unspecified atom stereocenters. The van der Waals surface area contributed by atoms with Crippen molar-refractivity contribution in [2.45, 2.75) is 18.8 Å². The number of thioether (sulfide) groups is 1. The predicted molar refractivity (Wildman–Crippen MR) is 127 cm³/mol. The molecule has 1 aliphatic rings. The first-order valence-electron chi connectivity index (χ1n) is 9.99. The molecule has 4 rings (SSSR count). The third-order valence-corrected chi connectivity index (χ3v) is 6.29. The van der Waals surface area contributed by atoms with Gasteiger partial charge in [-0.25, -0.2) is 4.79 Å². The molecule has 6 nitrogen and oxygen atoms in total. The van der Waals surface area contributed by atoms with Gasteiger partial charge in [0.15, 0.2) is 5.50 Å². The van der Waals surface area contributed by atoms with Gasteiger partial charge in [-0.05, 0) is 48.4 Å². The first-order chi connectivity index (χ1) is 15.5. The Bertz CT molecular complexity index is 1190. The summed E-state index contributed by atoms with van der Waals surface area (Å²) in [6, 6.07) is 16.7. The number of amides is 1. The summed E-state index contributed by atoms with van der Waals surface area (Å²) >= 11 is 7.59. The molecule has 1 atom stereocenters. The molecule has 3 aromatic rings. The molecule has 0 aliphatic carbocycles. The quantitative estimate of drug-likeness (QED) is 0.364. The van der Waals surface area contributed by atoms with Crippen molar-refractivity contribution in [2.24, 2.45) is 0 Å². The standard InChI is InChI=1S/C24H21ClN2O4S/c1-3-14-4-7-16(8-5-14)26-24-27-22(28)21(32-24)13-17-9-11-20(31-17)15-6-10-18(19(25)12-15)23(29)30-2/h4-13,24,26H,3H2,1-2H3,(H,27,28)/b21-13-/t24-/m0/s1. The van der Waals surface area contributed by atoms with Crippen LogP contribution in [-0.4, -0.2) is 24.5 Å². The van der Waals surface area contributed by atoms with Crippen molar-refractivity contribution in [3.63, 3.8) is 0 Å². The topological polar surface area (TPSA) is 80.6 Å². The van der Waals surface area contributed by atoms with E-state index in [1.807, 2.05) is 12.1 Å². The Morgan fingerprint density at radius 3 is 2.69 bits per heavy atom. The highest BCUT2D eigenvalue weighted by Gasteiger charge is 2.27. The number of ether oxygens (including phenoxy) is 1. The van der Waals surface area contributed by atoms with Crippen LogP contribution in [0.25, 0.3) is 17.4 Å². The van der Waals surface area contributed by atoms with E-state index in [0.717, 1.165) is 12.1 Å². The third kappa shape index (κ3) is 4.84. The minimum atomic E-state index is -0.500. The number of aryl methyl sites for hydroxylation is 1. The number of carbonyl (C=O) groups excluding carboxylic acids is 2. The summed E-state index contributed by atoms with van der Waals surface area (Å²) in [7, 11) is 1.30. The van der Waals surface area contributed by atoms with E-state index in [1.54, 1.807) is 36.4 Å². The number of hydrogen-bond acceptors (Lipinski definition) is 6. The van der Waals surface area contributed by atoms with Crippen molar-refractivity contribution in [3.05, 3.63) is 81.4 Å². The smallest absolute Gasteiger partial charge is 0.339 e. The van der Waals surface area contributed by atoms with E-state index in [2.05, 4.69) is 29.7 Å². The van der Waals surface area contributed by atoms with E-state index in [4.69, 9.17) is 20.8 Å². The molecular weight excluding hydrogens is 448 g/mol. The molecule has 2 heterocycles. The van der Waals surface area contributed by atoms with Crippen LogP contribution in [0.3, 0.4) is 0 Å². The fourth-order valence-corrected chi connectivity index (χ4v) is 4.43. The van der Waals surface area contributed by atoms with Crippen LogP contribution in [0.15, 0.2) is 63.9 Å². The molecule has 1 fully saturated rings. The minimum Gasteiger partial charge on any atom is -0.465 e. The summed E-state index contributed by atoms with van der Waals surface area (Å²) in [5.41, 5.74) is 2.93. The van der Waals surface area contributed by atoms with E-state index in [9.17, 15) is 9.59 Å². The zero-order valence-corrected chi connectivity index (χ0v) is 19.0. The summed E-state index contributed by atoms with van der Waals surface area (Å²) < 4.78 is 10.6. The second-order valence-corrected chi connectivity index (χ2v) is 8.62. The molecular formula is C24H21ClN2O4S. The first-order valence-corrected chi connectivity index (χ1v) is 11.3. The van der Waals surface area contributed by atoms with E-state index in [-0.39, 0.29) is 22.0 Å². The van der Waals surface area contributed by atoms with Crippen molar-refractivity contribution >= 4 is 47.0 Å². The number of esters is 1. The van der Waals surface area contributed by atoms with E-state index >= 15 is 0 Å². The lowest BCUT2D eigenvalue weighted by molar-refractivity contribution is -0.116. The molecule has 2 aromatic carbocycles. The largest absolute Gasteiger partial charge is 0.465 e. The Morgan fingerprint density at radius 1 is 1.22 bits per heavy atom. The van der Waals surface area contributed by atoms with Crippen molar-refractivity contribution in [1.82, 2.24) is 5.32 Å². The zero-order chi connectivity index (χ0) is 22.7. The van der Waals surface area contributed by atoms with Gasteiger partial charge in [0.05, 0.1) is 22.6 Å². The van der Waals surface area contributed by atoms with Crippen LogP contribution in [0.4, 0.5) is 5.69 Å². The molecule has 1 amide bonds. The van der Waals surface area contributed by atoms with E-state index < -0.39 is 5.97 Å². The second-order valence-electron chi connectivity index (χ2n) is 7.06. The molecule has 2 N–H and O–H groups in total. The van der Waals surface area contributed by atoms with Crippen LogP contribution in [0.1, 0.15) is 28.6 Å². The van der Waals surface area contributed by atoms with Gasteiger partial charge < -0.3 is 19.8 Å². The van der Waals surface area contributed by atoms with Crippen LogP contribution in [0.2, 0.25) is 5.02 Å². The van der Waals surface area contributed by atoms with Gasteiger partial charge in [-0.1, -0.05) is 48.5 Å². The summed E-state index contributed by atoms with van der Waals surface area (Å²) in [5.74, 6) is 0.448. The van der Waals surface area contributed by atoms with Crippen molar-refractivity contribution in [2.75, 3.05) is 12.4 Å². The van der Waals surface area contributed by atoms with Crippen LogP contribution in [0.5, 0.6) is 0 Å². The molecule has 1 aliphatic heterocycles. The fourth-order valence-electron chi connectivity index (χ4n) is 3.21. The van der Waals surface area contributed by atoms with Gasteiger partial charge in [-0.3, -0.25) is 4.79 Å². The van der Waals surface area contributed by atoms with Gasteiger partial charge in [0.25, 0.3) is 5.91 Å². The highest BCUT2D eigenvalue weighted by molar-refractivity contribution is 8.05. The molecule has 164 valence electrons. The second kappa shape index (κ2) is 9.54. The highest BCUT2D eigenvalue weighted by Crippen LogP contribution is 2.32. The summed E-state index contributed by atoms with van der Waals surface area (Å²) in [6.45, 7) is 2.11. The molecule has 1 aromatic heterocycles. The Balaban J connectivity index is 1.46. The summed E-state index contributed by atoms with van der Waals surface area (Å²) in [5, 5.41) is 6.49. The number of nitrogens with one attached hydrogen (secondary N) is 2. The maximum Gasteiger partial charge on any atom is 0.339 e. The van der Waals surface area contributed by atoms with Gasteiger partial charge in [0, 0.05) is 17.3 Å². The van der Waals surface area contributed by atoms with E-state index in [0.29, 0.717) is 22.0 Å². The number of benzene rings is 2. The summed E-state index contributed by atoms with van der Waals surface area (Å²) in [4.78, 5) is 24.6. The normalized spacial score (nSPS) is 16.8. The molecule has 8 heteroatoms. The van der Waals surface area contributed by atoms with Crippen LogP contribution >= 0.6 is 23.4 Å². The summed E-state index contributed by atoms with van der Waals surface area (Å²) in [6.07, 6.45) is 2.69. The molecule has 1 saturated heterocycles. The van der Waals surface area contributed by atoms with Gasteiger partial charge in [0.2, 0.25) is 0 Å². The Kier molecular flexibility index (Phi) is 6.58. The highest BCUT2D eigenvalue weighted by atomic mass is 35.5. The van der Waals surface area contributed by atoms with E-state index in [1.165, 1.54) is 24.4 Å².